The van der Waals surface area contributed by atoms with E-state index in [-0.39, 0.29) is 18.1 Å². The first-order valence-corrected chi connectivity index (χ1v) is 14.9. The first-order valence-electron chi connectivity index (χ1n) is 14.9. The first-order chi connectivity index (χ1) is 20.4. The molecule has 220 valence electrons. The number of carbonyl (C=O) groups excluding carboxylic acids is 1. The van der Waals surface area contributed by atoms with E-state index in [2.05, 4.69) is 57.3 Å². The first kappa shape index (κ1) is 26.9. The average Bonchev–Trinajstić information content (AvgIpc) is 3.73. The van der Waals surface area contributed by atoms with Crippen molar-refractivity contribution in [1.82, 2.24) is 34.8 Å². The number of ether oxygens (including phenoxy) is 1. The van der Waals surface area contributed by atoms with E-state index in [0.717, 1.165) is 58.9 Å². The van der Waals surface area contributed by atoms with Gasteiger partial charge in [-0.15, -0.1) is 0 Å². The molecule has 0 saturated carbocycles. The third-order valence-corrected chi connectivity index (χ3v) is 9.68. The zero-order valence-electron chi connectivity index (χ0n) is 24.8. The lowest BCUT2D eigenvalue weighted by Gasteiger charge is -2.41. The standard InChI is InChI=1S/C31H39N9O2/c1-20-19-42-14-13-39(20)29-17-26(27-18-33-40(30(27)34-29)28-11-12-32-35-28)21-5-7-22(8-6-21)37(3)31(41)38(4)25-15-23-9-10-24(16-25)36(23)2/h5-8,11-12,17-18,20,23-25H,9-10,13-16,19H2,1-4H3,(H,32,35)/t20-,23?,24?,25?/m1/s1. The number of rotatable bonds is 5. The molecule has 1 N–H and O–H groups in total. The van der Waals surface area contributed by atoms with Crippen molar-refractivity contribution in [3.63, 3.8) is 0 Å². The minimum absolute atomic E-state index is 0.0347. The van der Waals surface area contributed by atoms with Crippen molar-refractivity contribution in [2.24, 2.45) is 0 Å². The van der Waals surface area contributed by atoms with Crippen molar-refractivity contribution in [2.45, 2.75) is 56.8 Å². The second-order valence-electron chi connectivity index (χ2n) is 12.1. The van der Waals surface area contributed by atoms with Crippen LogP contribution in [0.2, 0.25) is 0 Å². The molecule has 2 bridgehead atoms. The minimum Gasteiger partial charge on any atom is -0.377 e. The number of urea groups is 1. The van der Waals surface area contributed by atoms with Crippen LogP contribution in [0.1, 0.15) is 32.6 Å². The summed E-state index contributed by atoms with van der Waals surface area (Å²) in [4.78, 5) is 27.1. The van der Waals surface area contributed by atoms with Gasteiger partial charge in [-0.05, 0) is 69.0 Å². The van der Waals surface area contributed by atoms with Gasteiger partial charge in [0.2, 0.25) is 0 Å². The second kappa shape index (κ2) is 10.7. The monoisotopic (exact) mass is 569 g/mol. The predicted octanol–water partition coefficient (Wildman–Crippen LogP) is 4.15. The van der Waals surface area contributed by atoms with Gasteiger partial charge in [0.25, 0.3) is 0 Å². The van der Waals surface area contributed by atoms with Crippen LogP contribution in [0.4, 0.5) is 16.3 Å². The fraction of sp³-hybridized carbons (Fsp3) is 0.484. The second-order valence-corrected chi connectivity index (χ2v) is 12.1. The van der Waals surface area contributed by atoms with Crippen molar-refractivity contribution < 1.29 is 9.53 Å². The highest BCUT2D eigenvalue weighted by atomic mass is 16.5. The number of aromatic amines is 1. The molecule has 3 fully saturated rings. The van der Waals surface area contributed by atoms with Gasteiger partial charge in [-0.3, -0.25) is 10.00 Å². The molecule has 2 unspecified atom stereocenters. The van der Waals surface area contributed by atoms with Crippen molar-refractivity contribution in [1.29, 1.82) is 0 Å². The summed E-state index contributed by atoms with van der Waals surface area (Å²) in [5.74, 6) is 1.65. The topological polar surface area (TPSA) is 98.6 Å². The summed E-state index contributed by atoms with van der Waals surface area (Å²) in [6, 6.07) is 14.0. The van der Waals surface area contributed by atoms with E-state index in [1.807, 2.05) is 43.4 Å². The smallest absolute Gasteiger partial charge is 0.324 e. The van der Waals surface area contributed by atoms with E-state index >= 15 is 0 Å². The molecule has 2 amide bonds. The zero-order chi connectivity index (χ0) is 29.0. The van der Waals surface area contributed by atoms with Crippen molar-refractivity contribution in [3.05, 3.63) is 48.8 Å². The molecule has 11 nitrogen and oxygen atoms in total. The number of morpholine rings is 1. The lowest BCUT2D eigenvalue weighted by Crippen LogP contribution is -2.52. The Labute approximate surface area is 246 Å². The highest BCUT2D eigenvalue weighted by Gasteiger charge is 2.41. The number of fused-ring (bicyclic) bond motifs is 3. The Hall–Kier alpha value is -3.96. The molecule has 6 heterocycles. The number of pyridine rings is 1. The largest absolute Gasteiger partial charge is 0.377 e. The van der Waals surface area contributed by atoms with Crippen LogP contribution in [0.15, 0.2) is 48.8 Å². The van der Waals surface area contributed by atoms with E-state index in [1.54, 1.807) is 15.8 Å². The maximum absolute atomic E-state index is 13.5. The SMILES string of the molecule is C[C@@H]1COCCN1c1cc(-c2ccc(N(C)C(=O)N(C)C3CC4CCC(C3)N4C)cc2)c2cnn(-c3ccn[nH]3)c2n1. The zero-order valence-corrected chi connectivity index (χ0v) is 24.8. The van der Waals surface area contributed by atoms with E-state index in [9.17, 15) is 4.79 Å². The number of aromatic nitrogens is 5. The van der Waals surface area contributed by atoms with Crippen LogP contribution in [0.3, 0.4) is 0 Å². The number of carbonyl (C=O) groups is 1. The lowest BCUT2D eigenvalue weighted by atomic mass is 9.97. The van der Waals surface area contributed by atoms with Gasteiger partial charge in [0.1, 0.15) is 5.82 Å². The number of nitrogens with zero attached hydrogens (tertiary/aromatic N) is 8. The maximum atomic E-state index is 13.5. The predicted molar refractivity (Wildman–Crippen MR) is 163 cm³/mol. The fourth-order valence-electron chi connectivity index (χ4n) is 7.05. The molecular formula is C31H39N9O2. The number of amides is 2. The fourth-order valence-corrected chi connectivity index (χ4v) is 7.05. The Bertz CT molecular complexity index is 1550. The summed E-state index contributed by atoms with van der Waals surface area (Å²) in [7, 11) is 6.06. The Kier molecular flexibility index (Phi) is 6.86. The molecule has 3 aliphatic heterocycles. The van der Waals surface area contributed by atoms with Gasteiger partial charge in [0, 0.05) is 55.9 Å². The van der Waals surface area contributed by atoms with Crippen molar-refractivity contribution in [3.8, 4) is 16.9 Å². The normalized spacial score (nSPS) is 24.3. The highest BCUT2D eigenvalue weighted by molar-refractivity contribution is 5.96. The van der Waals surface area contributed by atoms with Crippen LogP contribution in [-0.2, 0) is 4.74 Å². The van der Waals surface area contributed by atoms with Gasteiger partial charge < -0.3 is 19.4 Å². The molecule has 3 aliphatic rings. The van der Waals surface area contributed by atoms with Gasteiger partial charge in [-0.1, -0.05) is 12.1 Å². The summed E-state index contributed by atoms with van der Waals surface area (Å²) >= 11 is 0. The molecule has 3 atom stereocenters. The molecular weight excluding hydrogens is 530 g/mol. The average molecular weight is 570 g/mol. The number of hydrogen-bond acceptors (Lipinski definition) is 7. The van der Waals surface area contributed by atoms with Crippen LogP contribution in [0.5, 0.6) is 0 Å². The Morgan fingerprint density at radius 3 is 2.55 bits per heavy atom. The number of H-pyrrole nitrogens is 1. The Morgan fingerprint density at radius 2 is 1.86 bits per heavy atom. The molecule has 0 spiro atoms. The van der Waals surface area contributed by atoms with Crippen LogP contribution in [0.25, 0.3) is 28.0 Å². The van der Waals surface area contributed by atoms with Gasteiger partial charge in [0.15, 0.2) is 11.5 Å². The van der Waals surface area contributed by atoms with E-state index in [0.29, 0.717) is 25.3 Å². The number of nitrogens with one attached hydrogen (secondary N) is 1. The third-order valence-electron chi connectivity index (χ3n) is 9.68. The van der Waals surface area contributed by atoms with Crippen molar-refractivity contribution >= 4 is 28.6 Å². The molecule has 0 aliphatic carbocycles. The number of benzene rings is 1. The number of hydrogen-bond donors (Lipinski definition) is 1. The van der Waals surface area contributed by atoms with Crippen LogP contribution in [-0.4, -0.2) is 106 Å². The van der Waals surface area contributed by atoms with Gasteiger partial charge in [-0.25, -0.2) is 9.78 Å². The number of piperidine rings is 1. The van der Waals surface area contributed by atoms with E-state index < -0.39 is 0 Å². The molecule has 3 saturated heterocycles. The maximum Gasteiger partial charge on any atom is 0.324 e. The molecule has 42 heavy (non-hydrogen) atoms. The molecule has 3 aromatic heterocycles. The van der Waals surface area contributed by atoms with E-state index in [4.69, 9.17) is 9.72 Å². The van der Waals surface area contributed by atoms with Crippen LogP contribution in [0, 0.1) is 0 Å². The minimum atomic E-state index is 0.0347. The molecule has 1 aromatic carbocycles. The van der Waals surface area contributed by atoms with E-state index in [1.165, 1.54) is 12.8 Å². The van der Waals surface area contributed by atoms with Crippen LogP contribution >= 0.6 is 0 Å². The summed E-state index contributed by atoms with van der Waals surface area (Å²) in [6.07, 6.45) is 8.16. The summed E-state index contributed by atoms with van der Waals surface area (Å²) in [6.45, 7) is 4.26. The highest BCUT2D eigenvalue weighted by Crippen LogP contribution is 2.37. The summed E-state index contributed by atoms with van der Waals surface area (Å²) in [5, 5.41) is 12.7. The summed E-state index contributed by atoms with van der Waals surface area (Å²) in [5.41, 5.74) is 3.71. The molecule has 7 rings (SSSR count). The van der Waals surface area contributed by atoms with Gasteiger partial charge in [0.05, 0.1) is 31.6 Å². The quantitative estimate of drug-likeness (QED) is 0.386. The summed E-state index contributed by atoms with van der Waals surface area (Å²) < 4.78 is 7.49. The lowest BCUT2D eigenvalue weighted by molar-refractivity contribution is 0.0985. The molecule has 0 radical (unpaired) electrons. The molecule has 4 aromatic rings. The Balaban J connectivity index is 1.18. The molecule has 11 heteroatoms. The van der Waals surface area contributed by atoms with Gasteiger partial charge in [-0.2, -0.15) is 14.9 Å². The van der Waals surface area contributed by atoms with Crippen LogP contribution < -0.4 is 9.80 Å². The van der Waals surface area contributed by atoms with Crippen molar-refractivity contribution in [2.75, 3.05) is 50.7 Å². The third kappa shape index (κ3) is 4.60. The number of anilines is 2. The van der Waals surface area contributed by atoms with Gasteiger partial charge >= 0.3 is 6.03 Å². The Morgan fingerprint density at radius 1 is 1.10 bits per heavy atom.